The highest BCUT2D eigenvalue weighted by Gasteiger charge is 2.11. The fraction of sp³-hybridized carbons (Fsp3) is 0.375. The first-order valence-corrected chi connectivity index (χ1v) is 7.24. The van der Waals surface area contributed by atoms with E-state index in [1.807, 2.05) is 32.0 Å². The lowest BCUT2D eigenvalue weighted by atomic mass is 10.2. The number of hydrogen-bond donors (Lipinski definition) is 1. The van der Waals surface area contributed by atoms with Crippen LogP contribution in [-0.2, 0) is 13.1 Å². The van der Waals surface area contributed by atoms with Crippen molar-refractivity contribution < 1.29 is 13.9 Å². The number of nitrogens with one attached hydrogen (secondary N) is 1. The van der Waals surface area contributed by atoms with Crippen LogP contribution in [0.4, 0.5) is 0 Å². The molecule has 0 aliphatic rings. The summed E-state index contributed by atoms with van der Waals surface area (Å²) in [5.41, 5.74) is 0.955. The molecule has 0 atom stereocenters. The van der Waals surface area contributed by atoms with E-state index in [1.165, 1.54) is 0 Å². The highest BCUT2D eigenvalue weighted by Crippen LogP contribution is 2.34. The van der Waals surface area contributed by atoms with Crippen LogP contribution in [0.25, 0.3) is 0 Å². The van der Waals surface area contributed by atoms with Crippen molar-refractivity contribution >= 4 is 11.6 Å². The van der Waals surface area contributed by atoms with Crippen molar-refractivity contribution in [3.05, 3.63) is 46.9 Å². The van der Waals surface area contributed by atoms with Crippen LogP contribution >= 0.6 is 11.6 Å². The van der Waals surface area contributed by atoms with Crippen molar-refractivity contribution in [3.8, 4) is 11.5 Å². The second kappa shape index (κ2) is 7.38. The molecule has 2 rings (SSSR count). The summed E-state index contributed by atoms with van der Waals surface area (Å²) < 4.78 is 16.3. The van der Waals surface area contributed by atoms with Crippen LogP contribution in [0.1, 0.15) is 25.2 Å². The van der Waals surface area contributed by atoms with E-state index >= 15 is 0 Å². The largest absolute Gasteiger partial charge is 0.493 e. The highest BCUT2D eigenvalue weighted by atomic mass is 35.5. The average molecular weight is 310 g/mol. The van der Waals surface area contributed by atoms with Crippen molar-refractivity contribution in [3.63, 3.8) is 0 Å². The summed E-state index contributed by atoms with van der Waals surface area (Å²) in [6, 6.07) is 7.49. The van der Waals surface area contributed by atoms with Gasteiger partial charge in [-0.15, -0.1) is 0 Å². The van der Waals surface area contributed by atoms with Crippen LogP contribution < -0.4 is 14.8 Å². The Labute approximate surface area is 130 Å². The van der Waals surface area contributed by atoms with Gasteiger partial charge in [0.25, 0.3) is 0 Å². The minimum atomic E-state index is 0.0675. The minimum absolute atomic E-state index is 0.0675. The molecule has 1 aromatic heterocycles. The summed E-state index contributed by atoms with van der Waals surface area (Å²) in [6.45, 7) is 5.20. The van der Waals surface area contributed by atoms with E-state index in [-0.39, 0.29) is 6.10 Å². The van der Waals surface area contributed by atoms with Gasteiger partial charge >= 0.3 is 0 Å². The summed E-state index contributed by atoms with van der Waals surface area (Å²) in [5.74, 6) is 2.23. The van der Waals surface area contributed by atoms with Crippen LogP contribution in [0.3, 0.4) is 0 Å². The monoisotopic (exact) mass is 309 g/mol. The van der Waals surface area contributed by atoms with E-state index in [1.54, 1.807) is 19.4 Å². The number of halogens is 1. The summed E-state index contributed by atoms with van der Waals surface area (Å²) >= 11 is 6.30. The molecule has 114 valence electrons. The van der Waals surface area contributed by atoms with Crippen LogP contribution in [0, 0.1) is 0 Å². The van der Waals surface area contributed by atoms with Crippen molar-refractivity contribution in [1.29, 1.82) is 0 Å². The first-order valence-electron chi connectivity index (χ1n) is 6.86. The Morgan fingerprint density at radius 1 is 1.24 bits per heavy atom. The van der Waals surface area contributed by atoms with Crippen LogP contribution in [0.2, 0.25) is 5.02 Å². The summed E-state index contributed by atoms with van der Waals surface area (Å²) in [4.78, 5) is 0. The normalized spacial score (nSPS) is 10.9. The molecular formula is C16H20ClNO3. The van der Waals surface area contributed by atoms with E-state index in [4.69, 9.17) is 25.5 Å². The second-order valence-electron chi connectivity index (χ2n) is 4.94. The first-order chi connectivity index (χ1) is 10.1. The fourth-order valence-corrected chi connectivity index (χ4v) is 2.17. The van der Waals surface area contributed by atoms with Crippen LogP contribution in [0.5, 0.6) is 11.5 Å². The quantitative estimate of drug-likeness (QED) is 0.839. The molecule has 0 spiro atoms. The molecule has 21 heavy (non-hydrogen) atoms. The van der Waals surface area contributed by atoms with Gasteiger partial charge in [0, 0.05) is 17.6 Å². The summed E-state index contributed by atoms with van der Waals surface area (Å²) in [6.07, 6.45) is 1.73. The molecule has 0 bridgehead atoms. The van der Waals surface area contributed by atoms with Crippen molar-refractivity contribution in [2.45, 2.75) is 33.0 Å². The third-order valence-electron chi connectivity index (χ3n) is 2.89. The number of hydrogen-bond acceptors (Lipinski definition) is 4. The highest BCUT2D eigenvalue weighted by molar-refractivity contribution is 6.31. The maximum atomic E-state index is 6.30. The third kappa shape index (κ3) is 4.41. The SMILES string of the molecule is COc1cc(CNCc2ccco2)c(Cl)cc1OC(C)C. The maximum Gasteiger partial charge on any atom is 0.163 e. The average Bonchev–Trinajstić information content (AvgIpc) is 2.93. The van der Waals surface area contributed by atoms with E-state index in [0.717, 1.165) is 11.3 Å². The van der Waals surface area contributed by atoms with E-state index < -0.39 is 0 Å². The molecule has 0 amide bonds. The Hall–Kier alpha value is -1.65. The molecule has 0 aliphatic carbocycles. The lowest BCUT2D eigenvalue weighted by Crippen LogP contribution is -2.13. The molecule has 1 heterocycles. The minimum Gasteiger partial charge on any atom is -0.493 e. The van der Waals surface area contributed by atoms with Crippen molar-refractivity contribution in [1.82, 2.24) is 5.32 Å². The molecule has 4 nitrogen and oxygen atoms in total. The Morgan fingerprint density at radius 2 is 2.05 bits per heavy atom. The summed E-state index contributed by atoms with van der Waals surface area (Å²) in [5, 5.41) is 3.93. The van der Waals surface area contributed by atoms with Crippen molar-refractivity contribution in [2.24, 2.45) is 0 Å². The lowest BCUT2D eigenvalue weighted by Gasteiger charge is -2.16. The first kappa shape index (κ1) is 15.7. The molecule has 0 aliphatic heterocycles. The van der Waals surface area contributed by atoms with Gasteiger partial charge in [-0.3, -0.25) is 0 Å². The zero-order valence-corrected chi connectivity index (χ0v) is 13.2. The Kier molecular flexibility index (Phi) is 5.53. The van der Waals surface area contributed by atoms with Crippen molar-refractivity contribution in [2.75, 3.05) is 7.11 Å². The van der Waals surface area contributed by atoms with E-state index in [2.05, 4.69) is 5.32 Å². The van der Waals surface area contributed by atoms with Gasteiger partial charge in [-0.25, -0.2) is 0 Å². The molecule has 0 saturated heterocycles. The smallest absolute Gasteiger partial charge is 0.163 e. The number of benzene rings is 1. The predicted molar refractivity (Wildman–Crippen MR) is 83.0 cm³/mol. The standard InChI is InChI=1S/C16H20ClNO3/c1-11(2)21-16-8-14(17)12(7-15(16)19-3)9-18-10-13-5-4-6-20-13/h4-8,11,18H,9-10H2,1-3H3. The topological polar surface area (TPSA) is 43.6 Å². The van der Waals surface area contributed by atoms with E-state index in [9.17, 15) is 0 Å². The second-order valence-corrected chi connectivity index (χ2v) is 5.35. The number of methoxy groups -OCH3 is 1. The van der Waals surface area contributed by atoms with Gasteiger partial charge in [0.15, 0.2) is 11.5 Å². The van der Waals surface area contributed by atoms with Crippen LogP contribution in [0.15, 0.2) is 34.9 Å². The summed E-state index contributed by atoms with van der Waals surface area (Å²) in [7, 11) is 1.62. The Bertz CT molecular complexity index is 567. The number of furan rings is 1. The molecule has 1 aromatic carbocycles. The molecule has 5 heteroatoms. The molecule has 0 saturated carbocycles. The molecule has 1 N–H and O–H groups in total. The fourth-order valence-electron chi connectivity index (χ4n) is 1.95. The van der Waals surface area contributed by atoms with Crippen LogP contribution in [-0.4, -0.2) is 13.2 Å². The number of ether oxygens (including phenoxy) is 2. The number of rotatable bonds is 7. The zero-order valence-electron chi connectivity index (χ0n) is 12.5. The van der Waals surface area contributed by atoms with Gasteiger partial charge in [0.2, 0.25) is 0 Å². The third-order valence-corrected chi connectivity index (χ3v) is 3.24. The Morgan fingerprint density at radius 3 is 2.67 bits per heavy atom. The molecular weight excluding hydrogens is 290 g/mol. The maximum absolute atomic E-state index is 6.30. The molecule has 0 fully saturated rings. The zero-order chi connectivity index (χ0) is 15.2. The molecule has 2 aromatic rings. The Balaban J connectivity index is 2.05. The predicted octanol–water partition coefficient (Wildman–Crippen LogP) is 4.02. The van der Waals surface area contributed by atoms with Gasteiger partial charge in [-0.05, 0) is 37.6 Å². The van der Waals surface area contributed by atoms with Gasteiger partial charge in [0.1, 0.15) is 5.76 Å². The lowest BCUT2D eigenvalue weighted by molar-refractivity contribution is 0.230. The van der Waals surface area contributed by atoms with E-state index in [0.29, 0.717) is 29.6 Å². The van der Waals surface area contributed by atoms with Gasteiger partial charge < -0.3 is 19.2 Å². The van der Waals surface area contributed by atoms with Gasteiger partial charge in [-0.1, -0.05) is 11.6 Å². The van der Waals surface area contributed by atoms with Gasteiger partial charge in [-0.2, -0.15) is 0 Å². The molecule has 0 unspecified atom stereocenters. The van der Waals surface area contributed by atoms with Gasteiger partial charge in [0.05, 0.1) is 26.0 Å². The molecule has 0 radical (unpaired) electrons.